The smallest absolute Gasteiger partial charge is 0.405 e. The fourth-order valence-electron chi connectivity index (χ4n) is 1.18. The van der Waals surface area contributed by atoms with Gasteiger partial charge in [-0.05, 0) is 9.91 Å². The summed E-state index contributed by atoms with van der Waals surface area (Å²) in [5.74, 6) is -2.61. The van der Waals surface area contributed by atoms with Gasteiger partial charge in [-0.2, -0.15) is 0 Å². The lowest BCUT2D eigenvalue weighted by molar-refractivity contribution is -0.391. The van der Waals surface area contributed by atoms with Gasteiger partial charge < -0.3 is 20.0 Å². The molecule has 0 radical (unpaired) electrons. The minimum absolute atomic E-state index is 0.191. The Kier molecular flexibility index (Phi) is 4.19. The molecule has 0 aliphatic rings. The number of hydrogen-bond donors (Lipinski definition) is 1. The van der Waals surface area contributed by atoms with Gasteiger partial charge in [-0.15, -0.1) is 13.2 Å². The molecule has 1 aromatic heterocycles. The molecule has 0 spiro atoms. The quantitative estimate of drug-likeness (QED) is 0.522. The third-order valence-electron chi connectivity index (χ3n) is 1.86. The number of aliphatic hydroxyl groups is 1. The van der Waals surface area contributed by atoms with E-state index in [1.54, 1.807) is 0 Å². The number of nitrogens with zero attached hydrogens (tertiary/aromatic N) is 2. The van der Waals surface area contributed by atoms with Gasteiger partial charge in [-0.1, -0.05) is 0 Å². The molecule has 0 saturated carbocycles. The van der Waals surface area contributed by atoms with Crippen molar-refractivity contribution in [2.45, 2.75) is 19.4 Å². The van der Waals surface area contributed by atoms with Gasteiger partial charge >= 0.3 is 18.6 Å². The van der Waals surface area contributed by atoms with Crippen LogP contribution < -0.4 is 4.74 Å². The van der Waals surface area contributed by atoms with E-state index in [1.807, 2.05) is 0 Å². The summed E-state index contributed by atoms with van der Waals surface area (Å²) in [6.07, 6.45) is -8.58. The molecule has 1 heterocycles. The number of nitro groups is 1. The Hall–Kier alpha value is -2.04. The van der Waals surface area contributed by atoms with Crippen LogP contribution >= 0.6 is 0 Å². The van der Waals surface area contributed by atoms with Gasteiger partial charge in [0.2, 0.25) is 5.69 Å². The Morgan fingerprint density at radius 1 is 1.47 bits per heavy atom. The number of alkyl halides is 5. The molecular formula is C8H5F5N2O4. The van der Waals surface area contributed by atoms with E-state index in [2.05, 4.69) is 9.72 Å². The van der Waals surface area contributed by atoms with Crippen molar-refractivity contribution in [3.8, 4) is 5.75 Å². The molecule has 0 unspecified atom stereocenters. The van der Waals surface area contributed by atoms with Crippen LogP contribution in [0.2, 0.25) is 0 Å². The lowest BCUT2D eigenvalue weighted by Gasteiger charge is -2.12. The first kappa shape index (κ1) is 15.0. The van der Waals surface area contributed by atoms with Gasteiger partial charge in [0.15, 0.2) is 0 Å². The highest BCUT2D eigenvalue weighted by molar-refractivity contribution is 5.45. The van der Waals surface area contributed by atoms with E-state index in [-0.39, 0.29) is 6.07 Å². The fraction of sp³-hybridized carbons (Fsp3) is 0.375. The zero-order chi connectivity index (χ0) is 14.8. The van der Waals surface area contributed by atoms with Crippen molar-refractivity contribution in [1.82, 2.24) is 4.98 Å². The van der Waals surface area contributed by atoms with E-state index in [1.165, 1.54) is 0 Å². The van der Waals surface area contributed by atoms with Crippen molar-refractivity contribution >= 4 is 5.82 Å². The van der Waals surface area contributed by atoms with Gasteiger partial charge in [0.25, 0.3) is 0 Å². The first-order valence-electron chi connectivity index (χ1n) is 4.48. The molecule has 6 nitrogen and oxygen atoms in total. The summed E-state index contributed by atoms with van der Waals surface area (Å²) in [5.41, 5.74) is -2.20. The fourth-order valence-corrected chi connectivity index (χ4v) is 1.18. The molecule has 106 valence electrons. The van der Waals surface area contributed by atoms with Gasteiger partial charge in [0.1, 0.15) is 11.3 Å². The van der Waals surface area contributed by atoms with Crippen LogP contribution in [0.4, 0.5) is 27.8 Å². The van der Waals surface area contributed by atoms with Crippen LogP contribution in [-0.4, -0.2) is 21.4 Å². The molecule has 0 bridgehead atoms. The highest BCUT2D eigenvalue weighted by Gasteiger charge is 2.36. The predicted octanol–water partition coefficient (Wildman–Crippen LogP) is 2.32. The third-order valence-corrected chi connectivity index (χ3v) is 1.86. The molecule has 0 aromatic carbocycles. The summed E-state index contributed by atoms with van der Waals surface area (Å²) in [5, 5.41) is 19.3. The topological polar surface area (TPSA) is 85.5 Å². The normalized spacial score (nSPS) is 11.7. The molecular weight excluding hydrogens is 283 g/mol. The lowest BCUT2D eigenvalue weighted by Crippen LogP contribution is -2.19. The average molecular weight is 288 g/mol. The maximum atomic E-state index is 12.4. The van der Waals surface area contributed by atoms with E-state index in [0.717, 1.165) is 0 Å². The Morgan fingerprint density at radius 3 is 2.42 bits per heavy atom. The van der Waals surface area contributed by atoms with E-state index in [4.69, 9.17) is 5.11 Å². The first-order chi connectivity index (χ1) is 8.65. The number of ether oxygens (including phenoxy) is 1. The molecule has 11 heteroatoms. The Bertz CT molecular complexity index is 491. The van der Waals surface area contributed by atoms with Crippen molar-refractivity contribution in [2.24, 2.45) is 0 Å². The van der Waals surface area contributed by atoms with Gasteiger partial charge in [-0.3, -0.25) is 0 Å². The molecule has 0 atom stereocenters. The highest BCUT2D eigenvalue weighted by atomic mass is 19.4. The molecule has 1 N–H and O–H groups in total. The standard InChI is InChI=1S/C8H5F5N2O4/c9-6(10)4-1-5(19-8(11,12)13)3(2-16)7(14-4)15(17)18/h1,6,16H,2H2. The second kappa shape index (κ2) is 5.30. The van der Waals surface area contributed by atoms with Crippen LogP contribution in [0, 0.1) is 10.1 Å². The molecule has 1 rings (SSSR count). The van der Waals surface area contributed by atoms with Crippen LogP contribution in [-0.2, 0) is 6.61 Å². The lowest BCUT2D eigenvalue weighted by atomic mass is 10.2. The number of pyridine rings is 1. The number of aromatic nitrogens is 1. The second-order valence-corrected chi connectivity index (χ2v) is 3.11. The van der Waals surface area contributed by atoms with Crippen LogP contribution in [0.5, 0.6) is 5.75 Å². The first-order valence-corrected chi connectivity index (χ1v) is 4.48. The molecule has 0 saturated heterocycles. The van der Waals surface area contributed by atoms with Gasteiger partial charge in [-0.25, -0.2) is 8.78 Å². The van der Waals surface area contributed by atoms with E-state index in [0.29, 0.717) is 0 Å². The van der Waals surface area contributed by atoms with Gasteiger partial charge in [0, 0.05) is 6.07 Å². The summed E-state index contributed by atoms with van der Waals surface area (Å²) >= 11 is 0. The summed E-state index contributed by atoms with van der Waals surface area (Å²) in [7, 11) is 0. The summed E-state index contributed by atoms with van der Waals surface area (Å²) in [6.45, 7) is -1.22. The zero-order valence-corrected chi connectivity index (χ0v) is 8.82. The predicted molar refractivity (Wildman–Crippen MR) is 48.5 cm³/mol. The summed E-state index contributed by atoms with van der Waals surface area (Å²) in [4.78, 5) is 12.1. The minimum atomic E-state index is -5.25. The summed E-state index contributed by atoms with van der Waals surface area (Å²) in [6, 6.07) is 0.191. The molecule has 1 aromatic rings. The molecule has 0 fully saturated rings. The van der Waals surface area contributed by atoms with Crippen LogP contribution in [0.15, 0.2) is 6.07 Å². The van der Waals surface area contributed by atoms with Crippen molar-refractivity contribution in [3.63, 3.8) is 0 Å². The summed E-state index contributed by atoms with van der Waals surface area (Å²) < 4.78 is 64.2. The number of aliphatic hydroxyl groups excluding tert-OH is 1. The SMILES string of the molecule is O=[N+]([O-])c1nc(C(F)F)cc(OC(F)(F)F)c1CO. The van der Waals surface area contributed by atoms with Crippen LogP contribution in [0.1, 0.15) is 17.7 Å². The zero-order valence-electron chi connectivity index (χ0n) is 8.82. The van der Waals surface area contributed by atoms with Crippen LogP contribution in [0.3, 0.4) is 0 Å². The second-order valence-electron chi connectivity index (χ2n) is 3.11. The number of hydrogen-bond acceptors (Lipinski definition) is 5. The van der Waals surface area contributed by atoms with Crippen LogP contribution in [0.25, 0.3) is 0 Å². The number of rotatable bonds is 4. The molecule has 0 aliphatic carbocycles. The minimum Gasteiger partial charge on any atom is -0.405 e. The highest BCUT2D eigenvalue weighted by Crippen LogP contribution is 2.34. The van der Waals surface area contributed by atoms with Crippen molar-refractivity contribution in [3.05, 3.63) is 27.4 Å². The van der Waals surface area contributed by atoms with E-state index >= 15 is 0 Å². The Labute approximate surface area is 101 Å². The Balaban J connectivity index is 3.44. The van der Waals surface area contributed by atoms with Crippen molar-refractivity contribution in [1.29, 1.82) is 0 Å². The van der Waals surface area contributed by atoms with Crippen molar-refractivity contribution in [2.75, 3.05) is 0 Å². The molecule has 19 heavy (non-hydrogen) atoms. The monoisotopic (exact) mass is 288 g/mol. The Morgan fingerprint density at radius 2 is 2.05 bits per heavy atom. The van der Waals surface area contributed by atoms with Gasteiger partial charge in [0.05, 0.1) is 6.61 Å². The van der Waals surface area contributed by atoms with E-state index in [9.17, 15) is 32.1 Å². The maximum Gasteiger partial charge on any atom is 0.573 e. The van der Waals surface area contributed by atoms with E-state index < -0.39 is 47.1 Å². The number of halogens is 5. The largest absolute Gasteiger partial charge is 0.573 e. The molecule has 0 amide bonds. The maximum absolute atomic E-state index is 12.4. The average Bonchev–Trinajstić information content (AvgIpc) is 2.25. The third kappa shape index (κ3) is 3.71. The molecule has 0 aliphatic heterocycles. The van der Waals surface area contributed by atoms with Crippen molar-refractivity contribution < 1.29 is 36.7 Å².